The van der Waals surface area contributed by atoms with E-state index in [4.69, 9.17) is 0 Å². The van der Waals surface area contributed by atoms with Gasteiger partial charge in [0.1, 0.15) is 10.6 Å². The van der Waals surface area contributed by atoms with Crippen molar-refractivity contribution in [1.29, 1.82) is 0 Å². The summed E-state index contributed by atoms with van der Waals surface area (Å²) in [6.07, 6.45) is 3.55. The number of nitrogens with zero attached hydrogens (tertiary/aromatic N) is 2. The highest BCUT2D eigenvalue weighted by molar-refractivity contribution is 7.18. The van der Waals surface area contributed by atoms with Crippen LogP contribution in [0.4, 0.5) is 11.8 Å². The maximum Gasteiger partial charge on any atom is 0.225 e. The number of anilines is 2. The molecule has 2 heterocycles. The highest BCUT2D eigenvalue weighted by Crippen LogP contribution is 2.33. The lowest BCUT2D eigenvalue weighted by molar-refractivity contribution is 0.199. The van der Waals surface area contributed by atoms with Crippen LogP contribution in [0.5, 0.6) is 0 Å². The molecule has 1 aliphatic carbocycles. The maximum atomic E-state index is 9.43. The van der Waals surface area contributed by atoms with Crippen LogP contribution in [0.1, 0.15) is 24.1 Å². The third-order valence-electron chi connectivity index (χ3n) is 4.32. The van der Waals surface area contributed by atoms with Gasteiger partial charge in [-0.25, -0.2) is 4.98 Å². The second-order valence-corrected chi connectivity index (χ2v) is 6.97. The Hall–Kier alpha value is -1.40. The molecule has 1 aliphatic rings. The molecule has 1 fully saturated rings. The zero-order chi connectivity index (χ0) is 14.8. The van der Waals surface area contributed by atoms with Gasteiger partial charge in [0.15, 0.2) is 0 Å². The molecular formula is C15H22N4OS. The van der Waals surface area contributed by atoms with Crippen molar-refractivity contribution in [3.63, 3.8) is 0 Å². The molecule has 0 spiro atoms. The molecule has 2 aromatic rings. The summed E-state index contributed by atoms with van der Waals surface area (Å²) in [5, 5.41) is 17.0. The number of rotatable bonds is 5. The summed E-state index contributed by atoms with van der Waals surface area (Å²) in [4.78, 5) is 11.3. The fourth-order valence-corrected chi connectivity index (χ4v) is 4.02. The third-order valence-corrected chi connectivity index (χ3v) is 5.27. The second-order valence-electron chi connectivity index (χ2n) is 5.74. The van der Waals surface area contributed by atoms with Crippen LogP contribution in [0.2, 0.25) is 0 Å². The van der Waals surface area contributed by atoms with Gasteiger partial charge < -0.3 is 15.7 Å². The van der Waals surface area contributed by atoms with Crippen molar-refractivity contribution in [1.82, 2.24) is 9.97 Å². The van der Waals surface area contributed by atoms with E-state index in [2.05, 4.69) is 33.6 Å². The van der Waals surface area contributed by atoms with E-state index in [9.17, 15) is 5.11 Å². The molecule has 0 amide bonds. The number of hydrogen-bond donors (Lipinski definition) is 3. The van der Waals surface area contributed by atoms with Gasteiger partial charge in [0.2, 0.25) is 5.95 Å². The SMILES string of the molecule is CNc1nc(NCC2CCCC2CO)c2cc(C)sc2n1. The number of nitrogens with one attached hydrogen (secondary N) is 2. The minimum absolute atomic E-state index is 0.296. The standard InChI is InChI=1S/C15H22N4OS/c1-9-6-12-13(18-15(16-2)19-14(12)21-9)17-7-10-4-3-5-11(10)8-20/h6,10-11,20H,3-5,7-8H2,1-2H3,(H2,16,17,18,19). The minimum atomic E-state index is 0.296. The maximum absolute atomic E-state index is 9.43. The van der Waals surface area contributed by atoms with Gasteiger partial charge >= 0.3 is 0 Å². The lowest BCUT2D eigenvalue weighted by Crippen LogP contribution is -2.21. The molecule has 2 unspecified atom stereocenters. The predicted octanol–water partition coefficient (Wildman–Crippen LogP) is 2.86. The fourth-order valence-electron chi connectivity index (χ4n) is 3.14. The molecule has 6 heteroatoms. The first-order valence-corrected chi connectivity index (χ1v) is 8.33. The Labute approximate surface area is 128 Å². The van der Waals surface area contributed by atoms with Crippen LogP contribution in [0.15, 0.2) is 6.07 Å². The smallest absolute Gasteiger partial charge is 0.225 e. The molecule has 114 valence electrons. The van der Waals surface area contributed by atoms with Crippen LogP contribution in [-0.4, -0.2) is 35.3 Å². The Morgan fingerprint density at radius 1 is 1.33 bits per heavy atom. The van der Waals surface area contributed by atoms with Crippen molar-refractivity contribution in [2.45, 2.75) is 26.2 Å². The second kappa shape index (κ2) is 6.15. The van der Waals surface area contributed by atoms with Crippen molar-refractivity contribution in [3.05, 3.63) is 10.9 Å². The Kier molecular flexibility index (Phi) is 4.26. The van der Waals surface area contributed by atoms with Gasteiger partial charge in [-0.2, -0.15) is 4.98 Å². The third kappa shape index (κ3) is 2.96. The molecule has 3 rings (SSSR count). The van der Waals surface area contributed by atoms with Crippen LogP contribution in [0.25, 0.3) is 10.2 Å². The van der Waals surface area contributed by atoms with E-state index in [1.54, 1.807) is 11.3 Å². The van der Waals surface area contributed by atoms with Crippen molar-refractivity contribution in [3.8, 4) is 0 Å². The molecule has 0 saturated heterocycles. The molecule has 1 saturated carbocycles. The fraction of sp³-hybridized carbons (Fsp3) is 0.600. The van der Waals surface area contributed by atoms with Crippen molar-refractivity contribution >= 4 is 33.3 Å². The Morgan fingerprint density at radius 2 is 2.14 bits per heavy atom. The minimum Gasteiger partial charge on any atom is -0.396 e. The molecule has 0 aromatic carbocycles. The zero-order valence-corrected chi connectivity index (χ0v) is 13.3. The molecule has 5 nitrogen and oxygen atoms in total. The molecule has 2 aromatic heterocycles. The molecular weight excluding hydrogens is 284 g/mol. The Bertz CT molecular complexity index is 627. The number of aliphatic hydroxyl groups is 1. The van der Waals surface area contributed by atoms with Crippen LogP contribution < -0.4 is 10.6 Å². The molecule has 21 heavy (non-hydrogen) atoms. The van der Waals surface area contributed by atoms with Crippen LogP contribution in [-0.2, 0) is 0 Å². The monoisotopic (exact) mass is 306 g/mol. The molecule has 0 aliphatic heterocycles. The summed E-state index contributed by atoms with van der Waals surface area (Å²) in [5.41, 5.74) is 0. The summed E-state index contributed by atoms with van der Waals surface area (Å²) in [6, 6.07) is 2.14. The van der Waals surface area contributed by atoms with Crippen LogP contribution in [0.3, 0.4) is 0 Å². The average molecular weight is 306 g/mol. The van der Waals surface area contributed by atoms with E-state index in [0.717, 1.165) is 29.0 Å². The molecule has 0 bridgehead atoms. The Balaban J connectivity index is 1.82. The normalized spacial score (nSPS) is 21.9. The highest BCUT2D eigenvalue weighted by atomic mass is 32.1. The number of aliphatic hydroxyl groups excluding tert-OH is 1. The topological polar surface area (TPSA) is 70.1 Å². The number of aromatic nitrogens is 2. The van der Waals surface area contributed by atoms with E-state index in [-0.39, 0.29) is 0 Å². The largest absolute Gasteiger partial charge is 0.396 e. The lowest BCUT2D eigenvalue weighted by Gasteiger charge is -2.18. The number of hydrogen-bond acceptors (Lipinski definition) is 6. The van der Waals surface area contributed by atoms with Gasteiger partial charge in [0.25, 0.3) is 0 Å². The van der Waals surface area contributed by atoms with Gasteiger partial charge in [0, 0.05) is 25.1 Å². The lowest BCUT2D eigenvalue weighted by atomic mass is 9.97. The van der Waals surface area contributed by atoms with Gasteiger partial charge in [-0.1, -0.05) is 6.42 Å². The van der Waals surface area contributed by atoms with Crippen LogP contribution >= 0.6 is 11.3 Å². The first-order chi connectivity index (χ1) is 10.2. The summed E-state index contributed by atoms with van der Waals surface area (Å²) >= 11 is 1.69. The van der Waals surface area contributed by atoms with E-state index in [1.807, 2.05) is 7.05 Å². The summed E-state index contributed by atoms with van der Waals surface area (Å²) in [6.45, 7) is 3.26. The van der Waals surface area contributed by atoms with E-state index in [1.165, 1.54) is 17.7 Å². The summed E-state index contributed by atoms with van der Waals surface area (Å²) < 4.78 is 0. The van der Waals surface area contributed by atoms with Gasteiger partial charge in [-0.15, -0.1) is 11.3 Å². The highest BCUT2D eigenvalue weighted by Gasteiger charge is 2.26. The van der Waals surface area contributed by atoms with E-state index < -0.39 is 0 Å². The average Bonchev–Trinajstić information content (AvgIpc) is 3.09. The summed E-state index contributed by atoms with van der Waals surface area (Å²) in [5.74, 6) is 2.52. The molecule has 2 atom stereocenters. The molecule has 0 radical (unpaired) electrons. The number of fused-ring (bicyclic) bond motifs is 1. The Morgan fingerprint density at radius 3 is 2.90 bits per heavy atom. The zero-order valence-electron chi connectivity index (χ0n) is 12.5. The van der Waals surface area contributed by atoms with Crippen LogP contribution in [0, 0.1) is 18.8 Å². The van der Waals surface area contributed by atoms with Crippen molar-refractivity contribution in [2.75, 3.05) is 30.8 Å². The first kappa shape index (κ1) is 14.5. The molecule has 3 N–H and O–H groups in total. The quantitative estimate of drug-likeness (QED) is 0.792. The van der Waals surface area contributed by atoms with Gasteiger partial charge in [0.05, 0.1) is 5.39 Å². The predicted molar refractivity (Wildman–Crippen MR) is 88.1 cm³/mol. The van der Waals surface area contributed by atoms with Crippen molar-refractivity contribution in [2.24, 2.45) is 11.8 Å². The number of thiophene rings is 1. The van der Waals surface area contributed by atoms with E-state index >= 15 is 0 Å². The summed E-state index contributed by atoms with van der Waals surface area (Å²) in [7, 11) is 1.84. The number of aryl methyl sites for hydroxylation is 1. The van der Waals surface area contributed by atoms with Gasteiger partial charge in [-0.3, -0.25) is 0 Å². The van der Waals surface area contributed by atoms with Gasteiger partial charge in [-0.05, 0) is 37.7 Å². The first-order valence-electron chi connectivity index (χ1n) is 7.52. The van der Waals surface area contributed by atoms with Crippen molar-refractivity contribution < 1.29 is 5.11 Å². The van der Waals surface area contributed by atoms with E-state index in [0.29, 0.717) is 24.4 Å².